The molecule has 0 aliphatic rings. The van der Waals surface area contributed by atoms with Crippen molar-refractivity contribution in [3.05, 3.63) is 29.3 Å². The fourth-order valence-corrected chi connectivity index (χ4v) is 1.65. The fraction of sp³-hybridized carbons (Fsp3) is 0.500. The number of benzene rings is 1. The molecule has 104 valence electrons. The van der Waals surface area contributed by atoms with E-state index in [1.165, 1.54) is 0 Å². The van der Waals surface area contributed by atoms with Crippen molar-refractivity contribution in [2.45, 2.75) is 26.7 Å². The SMILES string of the molecule is CCCOCCOc1ccc(C#CCCCl)cc1C. The molecule has 19 heavy (non-hydrogen) atoms. The van der Waals surface area contributed by atoms with Crippen LogP contribution in [-0.2, 0) is 4.74 Å². The Bertz CT molecular complexity index is 432. The van der Waals surface area contributed by atoms with Crippen molar-refractivity contribution in [1.82, 2.24) is 0 Å². The van der Waals surface area contributed by atoms with Crippen LogP contribution >= 0.6 is 11.6 Å². The number of hydrogen-bond donors (Lipinski definition) is 0. The molecule has 0 aliphatic carbocycles. The normalized spacial score (nSPS) is 9.84. The standard InChI is InChI=1S/C16H21ClO2/c1-3-10-18-11-12-19-16-8-7-15(13-14(16)2)6-4-5-9-17/h7-8,13H,3,5,9-12H2,1-2H3. The Hall–Kier alpha value is -1.17. The lowest BCUT2D eigenvalue weighted by Gasteiger charge is -2.09. The summed E-state index contributed by atoms with van der Waals surface area (Å²) in [4.78, 5) is 0. The largest absolute Gasteiger partial charge is 0.491 e. The van der Waals surface area contributed by atoms with Crippen LogP contribution in [0.3, 0.4) is 0 Å². The van der Waals surface area contributed by atoms with Crippen molar-refractivity contribution in [3.8, 4) is 17.6 Å². The molecule has 0 heterocycles. The van der Waals surface area contributed by atoms with Gasteiger partial charge in [-0.2, -0.15) is 0 Å². The van der Waals surface area contributed by atoms with Gasteiger partial charge < -0.3 is 9.47 Å². The third-order valence-corrected chi connectivity index (χ3v) is 2.65. The second kappa shape index (κ2) is 9.72. The Morgan fingerprint density at radius 2 is 2.05 bits per heavy atom. The van der Waals surface area contributed by atoms with E-state index in [-0.39, 0.29) is 0 Å². The van der Waals surface area contributed by atoms with E-state index >= 15 is 0 Å². The predicted molar refractivity (Wildman–Crippen MR) is 80.0 cm³/mol. The highest BCUT2D eigenvalue weighted by Gasteiger charge is 2.00. The molecule has 0 spiro atoms. The van der Waals surface area contributed by atoms with Gasteiger partial charge in [-0.3, -0.25) is 0 Å². The third kappa shape index (κ3) is 6.52. The quantitative estimate of drug-likeness (QED) is 0.430. The number of hydrogen-bond acceptors (Lipinski definition) is 2. The van der Waals surface area contributed by atoms with Crippen LogP contribution in [0.4, 0.5) is 0 Å². The van der Waals surface area contributed by atoms with Gasteiger partial charge in [0.25, 0.3) is 0 Å². The topological polar surface area (TPSA) is 18.5 Å². The van der Waals surface area contributed by atoms with Gasteiger partial charge in [-0.05, 0) is 37.1 Å². The summed E-state index contributed by atoms with van der Waals surface area (Å²) < 4.78 is 11.0. The molecule has 1 aromatic carbocycles. The second-order valence-electron chi connectivity index (χ2n) is 4.18. The number of halogens is 1. The van der Waals surface area contributed by atoms with Gasteiger partial charge in [0.1, 0.15) is 12.4 Å². The summed E-state index contributed by atoms with van der Waals surface area (Å²) in [7, 11) is 0. The molecule has 0 saturated heterocycles. The molecule has 3 heteroatoms. The Morgan fingerprint density at radius 3 is 2.74 bits per heavy atom. The monoisotopic (exact) mass is 280 g/mol. The average molecular weight is 281 g/mol. The van der Waals surface area contributed by atoms with Crippen molar-refractivity contribution >= 4 is 11.6 Å². The molecular weight excluding hydrogens is 260 g/mol. The van der Waals surface area contributed by atoms with Crippen molar-refractivity contribution in [1.29, 1.82) is 0 Å². The van der Waals surface area contributed by atoms with Crippen molar-refractivity contribution in [2.24, 2.45) is 0 Å². The van der Waals surface area contributed by atoms with Crippen LogP contribution in [0.1, 0.15) is 30.9 Å². The molecule has 0 bridgehead atoms. The maximum absolute atomic E-state index is 5.67. The summed E-state index contributed by atoms with van der Waals surface area (Å²) in [6.45, 7) is 6.12. The maximum Gasteiger partial charge on any atom is 0.122 e. The number of rotatable bonds is 7. The number of aryl methyl sites for hydroxylation is 1. The highest BCUT2D eigenvalue weighted by atomic mass is 35.5. The highest BCUT2D eigenvalue weighted by molar-refractivity contribution is 6.18. The molecule has 0 amide bonds. The van der Waals surface area contributed by atoms with Gasteiger partial charge in [-0.1, -0.05) is 18.8 Å². The summed E-state index contributed by atoms with van der Waals surface area (Å²) in [5, 5.41) is 0. The van der Waals surface area contributed by atoms with Crippen LogP contribution in [0.25, 0.3) is 0 Å². The first-order valence-corrected chi connectivity index (χ1v) is 7.17. The lowest BCUT2D eigenvalue weighted by atomic mass is 10.1. The fourth-order valence-electron chi connectivity index (χ4n) is 1.56. The molecule has 0 atom stereocenters. The first-order chi connectivity index (χ1) is 9.27. The minimum Gasteiger partial charge on any atom is -0.491 e. The first-order valence-electron chi connectivity index (χ1n) is 6.64. The van der Waals surface area contributed by atoms with Crippen LogP contribution in [0, 0.1) is 18.8 Å². The van der Waals surface area contributed by atoms with E-state index < -0.39 is 0 Å². The van der Waals surface area contributed by atoms with Gasteiger partial charge in [0, 0.05) is 24.5 Å². The molecule has 1 aromatic rings. The summed E-state index contributed by atoms with van der Waals surface area (Å²) in [6, 6.07) is 5.96. The van der Waals surface area contributed by atoms with Gasteiger partial charge >= 0.3 is 0 Å². The molecule has 0 radical (unpaired) electrons. The molecular formula is C16H21ClO2. The van der Waals surface area contributed by atoms with Gasteiger partial charge in [0.05, 0.1) is 6.61 Å². The van der Waals surface area contributed by atoms with Crippen molar-refractivity contribution in [3.63, 3.8) is 0 Å². The van der Waals surface area contributed by atoms with Gasteiger partial charge in [-0.15, -0.1) is 11.6 Å². The van der Waals surface area contributed by atoms with Crippen LogP contribution in [0.5, 0.6) is 5.75 Å². The first kappa shape index (κ1) is 15.9. The Balaban J connectivity index is 2.46. The number of alkyl halides is 1. The number of ether oxygens (including phenoxy) is 2. The molecule has 0 fully saturated rings. The highest BCUT2D eigenvalue weighted by Crippen LogP contribution is 2.18. The van der Waals surface area contributed by atoms with E-state index in [1.54, 1.807) is 0 Å². The summed E-state index contributed by atoms with van der Waals surface area (Å²) in [6.07, 6.45) is 1.75. The zero-order valence-corrected chi connectivity index (χ0v) is 12.4. The predicted octanol–water partition coefficient (Wildman–Crippen LogP) is 3.78. The molecule has 0 unspecified atom stereocenters. The zero-order valence-electron chi connectivity index (χ0n) is 11.7. The van der Waals surface area contributed by atoms with Crippen LogP contribution < -0.4 is 4.74 Å². The van der Waals surface area contributed by atoms with E-state index in [2.05, 4.69) is 18.8 Å². The molecule has 0 aliphatic heterocycles. The molecule has 2 nitrogen and oxygen atoms in total. The Morgan fingerprint density at radius 1 is 1.21 bits per heavy atom. The third-order valence-electron chi connectivity index (χ3n) is 2.46. The zero-order chi connectivity index (χ0) is 13.9. The smallest absolute Gasteiger partial charge is 0.122 e. The average Bonchev–Trinajstić information content (AvgIpc) is 2.41. The second-order valence-corrected chi connectivity index (χ2v) is 4.56. The summed E-state index contributed by atoms with van der Waals surface area (Å²) in [5.74, 6) is 7.57. The summed E-state index contributed by atoms with van der Waals surface area (Å²) >= 11 is 5.58. The Kier molecular flexibility index (Phi) is 8.13. The lowest BCUT2D eigenvalue weighted by molar-refractivity contribution is 0.100. The molecule has 1 rings (SSSR count). The minimum absolute atomic E-state index is 0.574. The van der Waals surface area contributed by atoms with Crippen LogP contribution in [0.2, 0.25) is 0 Å². The maximum atomic E-state index is 5.67. The van der Waals surface area contributed by atoms with E-state index in [0.717, 1.165) is 29.9 Å². The molecule has 0 N–H and O–H groups in total. The molecule has 0 saturated carbocycles. The minimum atomic E-state index is 0.574. The van der Waals surface area contributed by atoms with Gasteiger partial charge in [0.2, 0.25) is 0 Å². The molecule has 0 aromatic heterocycles. The van der Waals surface area contributed by atoms with Crippen LogP contribution in [-0.4, -0.2) is 25.7 Å². The van der Waals surface area contributed by atoms with Gasteiger partial charge in [0.15, 0.2) is 0 Å². The van der Waals surface area contributed by atoms with E-state index in [4.69, 9.17) is 21.1 Å². The van der Waals surface area contributed by atoms with E-state index in [9.17, 15) is 0 Å². The van der Waals surface area contributed by atoms with Crippen molar-refractivity contribution < 1.29 is 9.47 Å². The van der Waals surface area contributed by atoms with E-state index in [1.807, 2.05) is 25.1 Å². The van der Waals surface area contributed by atoms with Gasteiger partial charge in [-0.25, -0.2) is 0 Å². The van der Waals surface area contributed by atoms with Crippen LogP contribution in [0.15, 0.2) is 18.2 Å². The van der Waals surface area contributed by atoms with Crippen molar-refractivity contribution in [2.75, 3.05) is 25.7 Å². The Labute approximate surface area is 121 Å². The lowest BCUT2D eigenvalue weighted by Crippen LogP contribution is -2.07. The summed E-state index contributed by atoms with van der Waals surface area (Å²) in [5.41, 5.74) is 2.09. The van der Waals surface area contributed by atoms with E-state index in [0.29, 0.717) is 25.5 Å².